The molecule has 2 fully saturated rings. The number of para-hydroxylation sites is 1. The van der Waals surface area contributed by atoms with Crippen LogP contribution in [0.1, 0.15) is 109 Å². The van der Waals surface area contributed by atoms with Gasteiger partial charge in [-0.2, -0.15) is 0 Å². The summed E-state index contributed by atoms with van der Waals surface area (Å²) in [6.07, 6.45) is 4.15. The van der Waals surface area contributed by atoms with Gasteiger partial charge in [0.05, 0.1) is 30.1 Å². The van der Waals surface area contributed by atoms with Crippen molar-refractivity contribution >= 4 is 156 Å². The molecule has 15 unspecified atom stereocenters. The van der Waals surface area contributed by atoms with E-state index in [0.717, 1.165) is 50.1 Å². The summed E-state index contributed by atoms with van der Waals surface area (Å²) < 4.78 is 2.73. The van der Waals surface area contributed by atoms with Gasteiger partial charge in [0.1, 0.15) is 84.3 Å². The number of aromatic hydroxyl groups is 1. The molecule has 5 heterocycles. The van der Waals surface area contributed by atoms with Gasteiger partial charge < -0.3 is 104 Å². The summed E-state index contributed by atoms with van der Waals surface area (Å²) in [5.74, 6) is -19.4. The molecule has 0 saturated carbocycles. The minimum atomic E-state index is -1.95. The van der Waals surface area contributed by atoms with Crippen LogP contribution in [0, 0.1) is 11.8 Å². The highest BCUT2D eigenvalue weighted by Crippen LogP contribution is 2.27. The molecule has 3 aromatic heterocycles. The molecule has 2 aliphatic rings. The normalized spacial score (nSPS) is 25.0. The Kier molecular flexibility index (Phi) is 37.4. The smallest absolute Gasteiger partial charge is 0.327 e. The Bertz CT molecular complexity index is 4200. The summed E-state index contributed by atoms with van der Waals surface area (Å²) in [6.45, 7) is 9.39. The number of hydrogen-bond donors (Lipinski definition) is 22. The number of aliphatic carboxylic acids is 2. The summed E-state index contributed by atoms with van der Waals surface area (Å²) in [4.78, 5) is 235. The van der Waals surface area contributed by atoms with E-state index in [4.69, 9.17) is 0 Å². The van der Waals surface area contributed by atoms with Crippen LogP contribution in [-0.4, -0.2) is 248 Å². The highest BCUT2D eigenvalue weighted by atomic mass is 33.1. The van der Waals surface area contributed by atoms with Crippen molar-refractivity contribution in [3.8, 4) is 5.75 Å². The molecule has 15 atom stereocenters. The van der Waals surface area contributed by atoms with Crippen LogP contribution >= 0.6 is 56.0 Å². The lowest BCUT2D eigenvalue weighted by molar-refractivity contribution is -0.142. The van der Waals surface area contributed by atoms with Gasteiger partial charge in [-0.1, -0.05) is 127 Å². The van der Waals surface area contributed by atoms with E-state index >= 15 is 24.0 Å². The number of carbonyl (C=O) groups excluding carboxylic acids is 13. The Morgan fingerprint density at radius 3 is 1.61 bits per heavy atom. The highest BCUT2D eigenvalue weighted by Gasteiger charge is 2.40. The Morgan fingerprint density at radius 1 is 0.526 bits per heavy atom. The van der Waals surface area contributed by atoms with Crippen LogP contribution in [0.3, 0.4) is 0 Å². The van der Waals surface area contributed by atoms with Crippen molar-refractivity contribution in [1.29, 1.82) is 0 Å². The maximum atomic E-state index is 15.5. The van der Waals surface area contributed by atoms with Crippen LogP contribution in [0.25, 0.3) is 10.9 Å². The standard InChI is InChI=1S/C73H101N19O19S5/c1-7-37(4)59-71(108)82-47(20-21-57(96)97)62(99)85-50(25-42-28-74-34-77-42)64(101)86-51(26-43-29-75-35-78-43)65(102)87-53-31-114-115-32-54(69(106)91-59)88-63(100)48(23-40-16-18-44(94)19-17-40)83-61(98)38(5)80-70(107)58(36(2)3)90-68(105)52(81-56(95)15-9-8-12-22-79-112)30-113-116-33-55(73(110)111)89-72(109)60(39(6)93)92-66(103)49(84-67(53)104)24-41-27-76-46-14-11-10-13-45(41)46/h10-11,13-14,16-19,27-29,34-39,47-55,58-60,76,79,93-94,112H,7-9,12,15,20-26,30-33H2,1-6H3,(H,74,77)(H,75,78)(H,80,107)(H,81,95)(H,82,108)(H,83,98)(H,84,104)(H,85,99)(H,86,101)(H,87,102)(H,88,100)(H,89,109)(H,90,105)(H,91,106)(H,92,103)(H,96,97)(H,110,111). The number of aromatic amines is 3. The van der Waals surface area contributed by atoms with Gasteiger partial charge in [-0.3, -0.25) is 71.8 Å². The van der Waals surface area contributed by atoms with Gasteiger partial charge in [0.2, 0.25) is 76.8 Å². The zero-order valence-electron chi connectivity index (χ0n) is 64.4. The first kappa shape index (κ1) is 93.1. The number of fused-ring (bicyclic) bond motifs is 6. The van der Waals surface area contributed by atoms with E-state index in [0.29, 0.717) is 47.8 Å². The number of amides is 13. The Morgan fingerprint density at radius 2 is 1.03 bits per heavy atom. The van der Waals surface area contributed by atoms with Crippen LogP contribution in [-0.2, 0) is 97.6 Å². The van der Waals surface area contributed by atoms with Gasteiger partial charge in [0.15, 0.2) is 0 Å². The lowest BCUT2D eigenvalue weighted by Crippen LogP contribution is -2.62. The molecule has 0 aliphatic carbocycles. The Hall–Kier alpha value is -10.1. The zero-order valence-corrected chi connectivity index (χ0v) is 68.6. The number of aliphatic hydroxyl groups is 1. The molecule has 632 valence electrons. The van der Waals surface area contributed by atoms with Crippen LogP contribution in [0.4, 0.5) is 0 Å². The van der Waals surface area contributed by atoms with Crippen molar-refractivity contribution in [2.75, 3.05) is 29.6 Å². The van der Waals surface area contributed by atoms with Crippen molar-refractivity contribution in [3.63, 3.8) is 0 Å². The number of carbonyl (C=O) groups is 15. The van der Waals surface area contributed by atoms with Crippen LogP contribution in [0.2, 0.25) is 0 Å². The summed E-state index contributed by atoms with van der Waals surface area (Å²) in [6, 6.07) is -9.24. The predicted octanol–water partition coefficient (Wildman–Crippen LogP) is -1.27. The SMILES string of the molecule is CCC(C)C1NC(=O)C2CSSCC(NC(=O)C(Cc3c[nH]cn3)NC(=O)C(Cc3c[nH]cn3)NC(=O)C(CCC(=O)O)NC1=O)C(=O)NC(Cc1c[nH]c3ccccc13)C(=O)NC(C(C)O)C(=O)NC(C(=O)O)CSSCC(NC(=O)CCCCCNS)C(=O)NC(C(C)C)C(=O)NC(C)C(=O)NC(Cc1ccc(O)cc1)C(=O)N2. The maximum Gasteiger partial charge on any atom is 0.327 e. The molecule has 0 spiro atoms. The van der Waals surface area contributed by atoms with Crippen LogP contribution < -0.4 is 73.8 Å². The number of hydrogen-bond acceptors (Lipinski definition) is 25. The first-order valence-corrected chi connectivity index (χ1v) is 43.0. The number of nitrogens with zero attached hydrogens (tertiary/aromatic N) is 2. The number of phenols is 1. The van der Waals surface area contributed by atoms with Gasteiger partial charge in [0, 0.05) is 97.6 Å². The predicted molar refractivity (Wildman–Crippen MR) is 435 cm³/mol. The third-order valence-corrected chi connectivity index (χ3v) is 24.0. The van der Waals surface area contributed by atoms with Gasteiger partial charge >= 0.3 is 11.9 Å². The number of thiol groups is 1. The number of imidazole rings is 2. The number of H-pyrrole nitrogens is 3. The molecule has 5 aromatic rings. The summed E-state index contributed by atoms with van der Waals surface area (Å²) >= 11 is 4.00. The van der Waals surface area contributed by atoms with Gasteiger partial charge in [0.25, 0.3) is 0 Å². The molecule has 0 radical (unpaired) electrons. The quantitative estimate of drug-likeness (QED) is 0.0206. The average molecular weight is 1710 g/mol. The number of phenolic OH excluding ortho intramolecular Hbond substituents is 1. The third-order valence-electron chi connectivity index (χ3n) is 18.9. The number of benzene rings is 2. The van der Waals surface area contributed by atoms with E-state index in [1.165, 1.54) is 56.2 Å². The van der Waals surface area contributed by atoms with E-state index in [1.807, 2.05) is 0 Å². The zero-order chi connectivity index (χ0) is 84.7. The molecule has 21 N–H and O–H groups in total. The largest absolute Gasteiger partial charge is 0.508 e. The molecule has 2 aliphatic heterocycles. The second-order valence-electron chi connectivity index (χ2n) is 28.3. The number of carboxylic acids is 2. The number of aromatic nitrogens is 5. The van der Waals surface area contributed by atoms with E-state index in [-0.39, 0.29) is 55.0 Å². The summed E-state index contributed by atoms with van der Waals surface area (Å²) in [5, 5.41) is 76.5. The van der Waals surface area contributed by atoms with Crippen molar-refractivity contribution in [2.24, 2.45) is 11.8 Å². The fourth-order valence-electron chi connectivity index (χ4n) is 12.1. The number of carboxylic acid groups (broad SMARTS) is 2. The molecule has 116 heavy (non-hydrogen) atoms. The number of rotatable bonds is 23. The van der Waals surface area contributed by atoms with E-state index in [2.05, 4.69) is 112 Å². The van der Waals surface area contributed by atoms with E-state index in [9.17, 15) is 68.4 Å². The van der Waals surface area contributed by atoms with E-state index in [1.54, 1.807) is 58.2 Å². The molecule has 7 rings (SSSR count). The van der Waals surface area contributed by atoms with Crippen molar-refractivity contribution in [3.05, 3.63) is 102 Å². The topological polar surface area (TPSA) is 579 Å². The molecule has 2 bridgehead atoms. The molecule has 2 aromatic carbocycles. The number of unbranched alkanes of at least 4 members (excludes halogenated alkanes) is 2. The molecular formula is C73H101N19O19S5. The lowest BCUT2D eigenvalue weighted by Gasteiger charge is -2.30. The maximum absolute atomic E-state index is 15.5. The Labute approximate surface area is 689 Å². The minimum Gasteiger partial charge on any atom is -0.508 e. The summed E-state index contributed by atoms with van der Waals surface area (Å²) in [5.41, 5.74) is 1.74. The molecule has 13 amide bonds. The second kappa shape index (κ2) is 46.6. The lowest BCUT2D eigenvalue weighted by atomic mass is 9.97. The average Bonchev–Trinajstić information content (AvgIpc) is 1.66. The first-order chi connectivity index (χ1) is 55.3. The van der Waals surface area contributed by atoms with Gasteiger partial charge in [-0.05, 0) is 74.3 Å². The fraction of sp³-hybridized carbons (Fsp3) is 0.521. The highest BCUT2D eigenvalue weighted by molar-refractivity contribution is 8.77. The molecule has 43 heteroatoms. The number of nitrogens with one attached hydrogen (secondary N) is 17. The van der Waals surface area contributed by atoms with E-state index < -0.39 is 222 Å². The van der Waals surface area contributed by atoms with Crippen LogP contribution in [0.5, 0.6) is 5.75 Å². The van der Waals surface area contributed by atoms with Gasteiger partial charge in [-0.15, -0.1) is 0 Å². The van der Waals surface area contributed by atoms with Crippen molar-refractivity contribution in [1.82, 2.24) is 98.8 Å². The van der Waals surface area contributed by atoms with Crippen LogP contribution in [0.15, 0.2) is 79.8 Å². The van der Waals surface area contributed by atoms with Crippen molar-refractivity contribution in [2.45, 2.75) is 197 Å². The molecule has 38 nitrogen and oxygen atoms in total. The number of aliphatic hydroxyl groups excluding tert-OH is 1. The van der Waals surface area contributed by atoms with Gasteiger partial charge in [-0.25, -0.2) is 14.8 Å². The first-order valence-electron chi connectivity index (χ1n) is 37.5. The minimum absolute atomic E-state index is 0.0279. The second-order valence-corrected chi connectivity index (χ2v) is 33.7. The van der Waals surface area contributed by atoms with Crippen molar-refractivity contribution < 1.29 is 92.3 Å². The summed E-state index contributed by atoms with van der Waals surface area (Å²) in [7, 11) is 3.41. The monoisotopic (exact) mass is 1710 g/mol. The fourth-order valence-corrected chi connectivity index (χ4v) is 16.9. The molecule has 2 saturated heterocycles. The third kappa shape index (κ3) is 29.3. The molecular weight excluding hydrogens is 1610 g/mol. The Balaban J connectivity index is 1.37.